The number of benzene rings is 1. The van der Waals surface area contributed by atoms with Crippen LogP contribution in [-0.4, -0.2) is 41.0 Å². The van der Waals surface area contributed by atoms with Gasteiger partial charge in [-0.2, -0.15) is 0 Å². The van der Waals surface area contributed by atoms with Gasteiger partial charge in [-0.05, 0) is 64.3 Å². The normalized spacial score (nSPS) is 13.6. The number of hydrogen-bond acceptors (Lipinski definition) is 4. The van der Waals surface area contributed by atoms with Gasteiger partial charge in [-0.25, -0.2) is 4.98 Å². The predicted octanol–water partition coefficient (Wildman–Crippen LogP) is 3.07. The first-order chi connectivity index (χ1) is 13.2. The number of hydrogen-bond donors (Lipinski definition) is 2. The van der Waals surface area contributed by atoms with E-state index in [0.717, 1.165) is 30.6 Å². The summed E-state index contributed by atoms with van der Waals surface area (Å²) in [5, 5.41) is 5.86. The molecule has 2 N–H and O–H groups in total. The highest BCUT2D eigenvalue weighted by Crippen LogP contribution is 2.23. The van der Waals surface area contributed by atoms with Gasteiger partial charge >= 0.3 is 0 Å². The van der Waals surface area contributed by atoms with E-state index in [2.05, 4.69) is 15.6 Å². The lowest BCUT2D eigenvalue weighted by molar-refractivity contribution is 0.0903. The summed E-state index contributed by atoms with van der Waals surface area (Å²) >= 11 is 0. The van der Waals surface area contributed by atoms with E-state index in [9.17, 15) is 9.59 Å². The average Bonchev–Trinajstić information content (AvgIpc) is 3.01. The summed E-state index contributed by atoms with van der Waals surface area (Å²) in [5.41, 5.74) is 2.57. The second kappa shape index (κ2) is 7.66. The first-order valence-corrected chi connectivity index (χ1v) is 9.66. The summed E-state index contributed by atoms with van der Waals surface area (Å²) in [6.45, 7) is 6.49. The van der Waals surface area contributed by atoms with Crippen molar-refractivity contribution < 1.29 is 9.59 Å². The fourth-order valence-corrected chi connectivity index (χ4v) is 3.33. The molecule has 0 atom stereocenters. The van der Waals surface area contributed by atoms with Gasteiger partial charge in [0.2, 0.25) is 0 Å². The van der Waals surface area contributed by atoms with Gasteiger partial charge in [-0.15, -0.1) is 0 Å². The Kier molecular flexibility index (Phi) is 5.45. The van der Waals surface area contributed by atoms with E-state index in [4.69, 9.17) is 0 Å². The van der Waals surface area contributed by atoms with Crippen LogP contribution in [0.15, 0.2) is 24.3 Å². The minimum Gasteiger partial charge on any atom is -0.378 e. The fraction of sp³-hybridized carbons (Fsp3) is 0.476. The molecule has 0 spiro atoms. The molecule has 0 aliphatic carbocycles. The highest BCUT2D eigenvalue weighted by atomic mass is 16.2. The van der Waals surface area contributed by atoms with Crippen LogP contribution in [0.1, 0.15) is 60.4 Å². The van der Waals surface area contributed by atoms with Crippen molar-refractivity contribution in [1.82, 2.24) is 14.9 Å². The smallest absolute Gasteiger partial charge is 0.287 e. The van der Waals surface area contributed by atoms with E-state index in [1.807, 2.05) is 68.6 Å². The van der Waals surface area contributed by atoms with Crippen LogP contribution < -0.4 is 15.5 Å². The Hall–Kier alpha value is -2.83. The Morgan fingerprint density at radius 2 is 1.75 bits per heavy atom. The van der Waals surface area contributed by atoms with E-state index in [0.29, 0.717) is 23.8 Å². The third-order valence-electron chi connectivity index (χ3n) is 4.67. The number of amides is 2. The number of fused-ring (bicyclic) bond motifs is 1. The molecule has 2 amide bonds. The number of nitrogens with one attached hydrogen (secondary N) is 2. The maximum atomic E-state index is 12.9. The number of nitrogens with zero attached hydrogens (tertiary/aromatic N) is 3. The Balaban J connectivity index is 1.86. The molecule has 7 nitrogen and oxygen atoms in total. The minimum atomic E-state index is -0.366. The molecule has 0 radical (unpaired) electrons. The Labute approximate surface area is 166 Å². The Bertz CT molecular complexity index is 875. The summed E-state index contributed by atoms with van der Waals surface area (Å²) in [4.78, 5) is 32.0. The quantitative estimate of drug-likeness (QED) is 0.850. The van der Waals surface area contributed by atoms with E-state index in [1.165, 1.54) is 0 Å². The molecule has 0 saturated carbocycles. The molecule has 0 unspecified atom stereocenters. The second-order valence-electron chi connectivity index (χ2n) is 8.44. The number of imidazole rings is 1. The molecule has 1 aliphatic rings. The standard InChI is InChI=1S/C21H29N5O2/c1-21(2,3)24-20(28)18-23-17(16-8-6-7-13-26(16)18)19(27)22-14-9-11-15(12-10-14)25(4)5/h9-12H,6-8,13H2,1-5H3,(H,22,27)(H,24,28). The molecule has 0 bridgehead atoms. The van der Waals surface area contributed by atoms with Crippen LogP contribution in [0, 0.1) is 0 Å². The highest BCUT2D eigenvalue weighted by molar-refractivity contribution is 6.05. The van der Waals surface area contributed by atoms with Crippen LogP contribution in [0.3, 0.4) is 0 Å². The number of anilines is 2. The van der Waals surface area contributed by atoms with Crippen molar-refractivity contribution in [2.75, 3.05) is 24.3 Å². The monoisotopic (exact) mass is 383 g/mol. The molecule has 0 fully saturated rings. The van der Waals surface area contributed by atoms with Gasteiger partial charge in [0.25, 0.3) is 11.8 Å². The molecule has 3 rings (SSSR count). The van der Waals surface area contributed by atoms with Crippen molar-refractivity contribution in [3.05, 3.63) is 41.5 Å². The summed E-state index contributed by atoms with van der Waals surface area (Å²) in [5.74, 6) is -0.208. The van der Waals surface area contributed by atoms with Gasteiger partial charge in [0.05, 0.1) is 5.69 Å². The average molecular weight is 383 g/mol. The highest BCUT2D eigenvalue weighted by Gasteiger charge is 2.29. The largest absolute Gasteiger partial charge is 0.378 e. The lowest BCUT2D eigenvalue weighted by atomic mass is 10.1. The molecule has 0 saturated heterocycles. The molecule has 1 aliphatic heterocycles. The zero-order valence-electron chi connectivity index (χ0n) is 17.3. The molecule has 1 aromatic carbocycles. The van der Waals surface area contributed by atoms with Gasteiger partial charge in [-0.1, -0.05) is 0 Å². The summed E-state index contributed by atoms with van der Waals surface area (Å²) < 4.78 is 1.90. The third kappa shape index (κ3) is 4.35. The molecule has 2 aromatic rings. The van der Waals surface area contributed by atoms with Gasteiger partial charge in [-0.3, -0.25) is 9.59 Å². The zero-order chi connectivity index (χ0) is 20.5. The lowest BCUT2D eigenvalue weighted by Gasteiger charge is -2.22. The molecular weight excluding hydrogens is 354 g/mol. The molecular formula is C21H29N5O2. The predicted molar refractivity (Wildman–Crippen MR) is 111 cm³/mol. The molecule has 7 heteroatoms. The Morgan fingerprint density at radius 1 is 1.07 bits per heavy atom. The number of carbonyl (C=O) groups excluding carboxylic acids is 2. The SMILES string of the molecule is CN(C)c1ccc(NC(=O)c2nc(C(=O)NC(C)(C)C)n3c2CCCC3)cc1. The van der Waals surface area contributed by atoms with Gasteiger partial charge in [0.15, 0.2) is 11.5 Å². The Morgan fingerprint density at radius 3 is 2.36 bits per heavy atom. The van der Waals surface area contributed by atoms with Crippen molar-refractivity contribution in [3.63, 3.8) is 0 Å². The van der Waals surface area contributed by atoms with E-state index >= 15 is 0 Å². The van der Waals surface area contributed by atoms with Crippen LogP contribution in [0.4, 0.5) is 11.4 Å². The van der Waals surface area contributed by atoms with Crippen LogP contribution in [0.2, 0.25) is 0 Å². The zero-order valence-corrected chi connectivity index (χ0v) is 17.3. The fourth-order valence-electron chi connectivity index (χ4n) is 3.33. The molecule has 28 heavy (non-hydrogen) atoms. The van der Waals surface area contributed by atoms with Gasteiger partial charge in [0, 0.05) is 37.6 Å². The summed E-state index contributed by atoms with van der Waals surface area (Å²) in [7, 11) is 3.93. The first-order valence-electron chi connectivity index (χ1n) is 9.66. The first kappa shape index (κ1) is 19.9. The van der Waals surface area contributed by atoms with Crippen molar-refractivity contribution in [2.45, 2.75) is 52.1 Å². The maximum absolute atomic E-state index is 12.9. The van der Waals surface area contributed by atoms with E-state index < -0.39 is 0 Å². The molecule has 2 heterocycles. The number of carbonyl (C=O) groups is 2. The van der Waals surface area contributed by atoms with E-state index in [1.54, 1.807) is 0 Å². The van der Waals surface area contributed by atoms with Crippen molar-refractivity contribution in [1.29, 1.82) is 0 Å². The van der Waals surface area contributed by atoms with Crippen LogP contribution in [0.5, 0.6) is 0 Å². The van der Waals surface area contributed by atoms with Crippen molar-refractivity contribution in [2.24, 2.45) is 0 Å². The van der Waals surface area contributed by atoms with Gasteiger partial charge in [0.1, 0.15) is 0 Å². The summed E-state index contributed by atoms with van der Waals surface area (Å²) in [6, 6.07) is 7.62. The van der Waals surface area contributed by atoms with Crippen LogP contribution in [0.25, 0.3) is 0 Å². The van der Waals surface area contributed by atoms with Crippen LogP contribution in [-0.2, 0) is 13.0 Å². The second-order valence-corrected chi connectivity index (χ2v) is 8.44. The van der Waals surface area contributed by atoms with Gasteiger partial charge < -0.3 is 20.1 Å². The van der Waals surface area contributed by atoms with Crippen molar-refractivity contribution in [3.8, 4) is 0 Å². The van der Waals surface area contributed by atoms with Crippen LogP contribution >= 0.6 is 0 Å². The number of rotatable bonds is 4. The molecule has 1 aromatic heterocycles. The topological polar surface area (TPSA) is 79.3 Å². The maximum Gasteiger partial charge on any atom is 0.287 e. The van der Waals surface area contributed by atoms with Crippen molar-refractivity contribution >= 4 is 23.2 Å². The molecule has 150 valence electrons. The number of aromatic nitrogens is 2. The minimum absolute atomic E-state index is 0.245. The van der Waals surface area contributed by atoms with E-state index in [-0.39, 0.29) is 17.4 Å². The summed E-state index contributed by atoms with van der Waals surface area (Å²) in [6.07, 6.45) is 2.72. The lowest BCUT2D eigenvalue weighted by Crippen LogP contribution is -2.42. The third-order valence-corrected chi connectivity index (χ3v) is 4.67.